The maximum Gasteiger partial charge on any atom is 0.233 e. The van der Waals surface area contributed by atoms with E-state index in [1.54, 1.807) is 24.3 Å². The van der Waals surface area contributed by atoms with E-state index in [4.69, 9.17) is 0 Å². The normalized spacial score (nSPS) is 19.6. The van der Waals surface area contributed by atoms with Crippen molar-refractivity contribution in [2.45, 2.75) is 5.92 Å². The molecule has 26 heavy (non-hydrogen) atoms. The van der Waals surface area contributed by atoms with Crippen molar-refractivity contribution >= 4 is 28.7 Å². The van der Waals surface area contributed by atoms with Crippen LogP contribution in [0.2, 0.25) is 0 Å². The molecule has 0 bridgehead atoms. The van der Waals surface area contributed by atoms with Gasteiger partial charge in [0.15, 0.2) is 11.5 Å². The number of carbonyl (C=O) groups excluding carboxylic acids is 3. The number of allylic oxidation sites excluding steroid dienone is 6. The lowest BCUT2D eigenvalue weighted by Crippen LogP contribution is -2.15. The third kappa shape index (κ3) is 2.96. The second-order valence-corrected chi connectivity index (χ2v) is 6.79. The number of rotatable bonds is 2. The zero-order valence-electron chi connectivity index (χ0n) is 15.3. The summed E-state index contributed by atoms with van der Waals surface area (Å²) in [5.41, 5.74) is 2.95. The van der Waals surface area contributed by atoms with E-state index in [-0.39, 0.29) is 5.57 Å². The van der Waals surface area contributed by atoms with Crippen LogP contribution in [-0.4, -0.2) is 55.8 Å². The third-order valence-corrected chi connectivity index (χ3v) is 4.64. The molecule has 5 heteroatoms. The Morgan fingerprint density at radius 2 is 1.42 bits per heavy atom. The molecule has 1 aromatic rings. The van der Waals surface area contributed by atoms with Crippen molar-refractivity contribution < 1.29 is 19.0 Å². The quantitative estimate of drug-likeness (QED) is 0.268. The molecule has 0 spiro atoms. The maximum absolute atomic E-state index is 12.9. The minimum Gasteiger partial charge on any atom is -0.378 e. The number of hydrogen-bond acceptors (Lipinski definition) is 4. The Kier molecular flexibility index (Phi) is 4.55. The Labute approximate surface area is 152 Å². The van der Waals surface area contributed by atoms with E-state index < -0.39 is 23.3 Å². The van der Waals surface area contributed by atoms with Gasteiger partial charge in [-0.1, -0.05) is 12.1 Å². The molecule has 2 aliphatic carbocycles. The number of nitrogens with zero attached hydrogens (tertiary/aromatic N) is 2. The highest BCUT2D eigenvalue weighted by molar-refractivity contribution is 6.61. The Balaban J connectivity index is 1.99. The Bertz CT molecular complexity index is 907. The number of benzene rings is 1. The standard InChI is InChI=1S/C21H21N2O3/c1-22(2)15-9-5-13(6-10-15)17-19(24)18(21(26)20(17)25)14-7-11-16(12-8-14)23(3)4/h5-12,17H,1-4H3/q+1. The molecule has 0 aliphatic heterocycles. The van der Waals surface area contributed by atoms with Gasteiger partial charge < -0.3 is 4.90 Å². The fourth-order valence-corrected chi connectivity index (χ4v) is 3.10. The van der Waals surface area contributed by atoms with Crippen LogP contribution in [0.4, 0.5) is 5.69 Å². The highest BCUT2D eigenvalue weighted by Gasteiger charge is 2.46. The highest BCUT2D eigenvalue weighted by Crippen LogP contribution is 2.33. The second-order valence-electron chi connectivity index (χ2n) is 6.79. The summed E-state index contributed by atoms with van der Waals surface area (Å²) in [6.45, 7) is 0. The molecule has 1 unspecified atom stereocenters. The van der Waals surface area contributed by atoms with E-state index in [0.717, 1.165) is 11.4 Å². The number of ketones is 3. The second kappa shape index (κ2) is 6.67. The largest absolute Gasteiger partial charge is 0.378 e. The summed E-state index contributed by atoms with van der Waals surface area (Å²) in [7, 11) is 7.64. The van der Waals surface area contributed by atoms with Crippen molar-refractivity contribution in [2.24, 2.45) is 0 Å². The van der Waals surface area contributed by atoms with Gasteiger partial charge in [-0.05, 0) is 35.4 Å². The number of hydrogen-bond donors (Lipinski definition) is 0. The minimum absolute atomic E-state index is 0.0120. The molecule has 0 saturated heterocycles. The summed E-state index contributed by atoms with van der Waals surface area (Å²) in [6.07, 6.45) is 7.08. The van der Waals surface area contributed by atoms with Crippen LogP contribution in [0.15, 0.2) is 59.7 Å². The summed E-state index contributed by atoms with van der Waals surface area (Å²) in [5.74, 6) is -2.81. The first-order valence-electron chi connectivity index (χ1n) is 8.36. The third-order valence-electron chi connectivity index (χ3n) is 4.64. The van der Waals surface area contributed by atoms with Crippen molar-refractivity contribution in [1.29, 1.82) is 0 Å². The van der Waals surface area contributed by atoms with E-state index in [2.05, 4.69) is 0 Å². The molecular weight excluding hydrogens is 328 g/mol. The molecule has 0 heterocycles. The summed E-state index contributed by atoms with van der Waals surface area (Å²) in [4.78, 5) is 39.7. The van der Waals surface area contributed by atoms with Crippen LogP contribution in [0, 0.1) is 0 Å². The first-order chi connectivity index (χ1) is 12.3. The van der Waals surface area contributed by atoms with Crippen LogP contribution in [-0.2, 0) is 14.4 Å². The van der Waals surface area contributed by atoms with Gasteiger partial charge in [0.25, 0.3) is 0 Å². The van der Waals surface area contributed by atoms with E-state index in [1.807, 2.05) is 62.0 Å². The molecule has 132 valence electrons. The average molecular weight is 349 g/mol. The summed E-state index contributed by atoms with van der Waals surface area (Å²) in [5, 5.41) is 0. The van der Waals surface area contributed by atoms with Crippen LogP contribution >= 0.6 is 0 Å². The van der Waals surface area contributed by atoms with Crippen molar-refractivity contribution in [2.75, 3.05) is 33.1 Å². The van der Waals surface area contributed by atoms with E-state index in [1.165, 1.54) is 0 Å². The van der Waals surface area contributed by atoms with Crippen molar-refractivity contribution in [3.63, 3.8) is 0 Å². The topological polar surface area (TPSA) is 57.5 Å². The van der Waals surface area contributed by atoms with Crippen LogP contribution in [0.1, 0.15) is 11.5 Å². The van der Waals surface area contributed by atoms with Gasteiger partial charge in [0.2, 0.25) is 11.6 Å². The van der Waals surface area contributed by atoms with Crippen LogP contribution < -0.4 is 4.90 Å². The smallest absolute Gasteiger partial charge is 0.233 e. The van der Waals surface area contributed by atoms with Crippen molar-refractivity contribution in [3.8, 4) is 0 Å². The van der Waals surface area contributed by atoms with Gasteiger partial charge in [-0.3, -0.25) is 14.4 Å². The Morgan fingerprint density at radius 1 is 0.846 bits per heavy atom. The fourth-order valence-electron chi connectivity index (χ4n) is 3.10. The molecule has 0 aromatic heterocycles. The molecular formula is C21H21N2O3+. The molecule has 2 aliphatic rings. The summed E-state index contributed by atoms with van der Waals surface area (Å²) in [6, 6.07) is 7.15. The zero-order valence-corrected chi connectivity index (χ0v) is 15.3. The van der Waals surface area contributed by atoms with Gasteiger partial charge >= 0.3 is 0 Å². The SMILES string of the molecule is CN(C)c1ccc(C2C(=O)C(=O)C(=C3C=CC(=[N+](C)C)C=C3)C2=O)cc1. The highest BCUT2D eigenvalue weighted by atomic mass is 16.2. The maximum atomic E-state index is 12.9. The van der Waals surface area contributed by atoms with Crippen LogP contribution in [0.5, 0.6) is 0 Å². The molecule has 1 saturated carbocycles. The molecule has 0 amide bonds. The molecule has 1 fully saturated rings. The molecule has 1 aromatic carbocycles. The number of carbonyl (C=O) groups is 3. The lowest BCUT2D eigenvalue weighted by Gasteiger charge is -2.13. The van der Waals surface area contributed by atoms with Crippen LogP contribution in [0.3, 0.4) is 0 Å². The predicted octanol–water partition coefficient (Wildman–Crippen LogP) is 1.69. The molecule has 0 radical (unpaired) electrons. The Morgan fingerprint density at radius 3 is 1.92 bits per heavy atom. The Hall–Kier alpha value is -3.08. The minimum atomic E-state index is -1.04. The predicted molar refractivity (Wildman–Crippen MR) is 101 cm³/mol. The molecule has 3 rings (SSSR count). The molecule has 5 nitrogen and oxygen atoms in total. The molecule has 1 atom stereocenters. The van der Waals surface area contributed by atoms with E-state index in [9.17, 15) is 14.4 Å². The van der Waals surface area contributed by atoms with Gasteiger partial charge in [0.1, 0.15) is 20.0 Å². The fraction of sp³-hybridized carbons (Fsp3) is 0.238. The van der Waals surface area contributed by atoms with E-state index >= 15 is 0 Å². The number of Topliss-reactive ketones (excluding diaryl/α,β-unsaturated/α-hetero) is 3. The summed E-state index contributed by atoms with van der Waals surface area (Å²) >= 11 is 0. The van der Waals surface area contributed by atoms with Gasteiger partial charge in [-0.2, -0.15) is 0 Å². The lowest BCUT2D eigenvalue weighted by atomic mass is 9.94. The monoisotopic (exact) mass is 349 g/mol. The van der Waals surface area contributed by atoms with Crippen molar-refractivity contribution in [1.82, 2.24) is 0 Å². The average Bonchev–Trinajstić information content (AvgIpc) is 2.84. The van der Waals surface area contributed by atoms with Gasteiger partial charge in [-0.15, -0.1) is 0 Å². The van der Waals surface area contributed by atoms with Gasteiger partial charge in [-0.25, -0.2) is 4.58 Å². The first kappa shape index (κ1) is 17.7. The van der Waals surface area contributed by atoms with Gasteiger partial charge in [0.05, 0.1) is 5.57 Å². The van der Waals surface area contributed by atoms with E-state index in [0.29, 0.717) is 11.1 Å². The molecule has 0 N–H and O–H groups in total. The summed E-state index contributed by atoms with van der Waals surface area (Å²) < 4.78 is 1.92. The zero-order chi connectivity index (χ0) is 19.0. The number of anilines is 1. The van der Waals surface area contributed by atoms with Crippen LogP contribution in [0.25, 0.3) is 0 Å². The van der Waals surface area contributed by atoms with Gasteiger partial charge in [0, 0.05) is 31.9 Å². The first-order valence-corrected chi connectivity index (χ1v) is 8.36. The lowest BCUT2D eigenvalue weighted by molar-refractivity contribution is -0.462. The van der Waals surface area contributed by atoms with Crippen molar-refractivity contribution in [3.05, 3.63) is 65.3 Å².